The third-order valence-corrected chi connectivity index (χ3v) is 4.59. The van der Waals surface area contributed by atoms with Crippen LogP contribution in [0.25, 0.3) is 0 Å². The van der Waals surface area contributed by atoms with Gasteiger partial charge in [-0.05, 0) is 43.7 Å². The van der Waals surface area contributed by atoms with Crippen LogP contribution in [0.5, 0.6) is 5.75 Å². The van der Waals surface area contributed by atoms with Crippen molar-refractivity contribution in [3.05, 3.63) is 60.2 Å². The molecule has 1 N–H and O–H groups in total. The fourth-order valence-electron chi connectivity index (χ4n) is 3.11. The Bertz CT molecular complexity index is 922. The topological polar surface area (TPSA) is 88.1 Å². The average Bonchev–Trinajstić information content (AvgIpc) is 2.68. The van der Waals surface area contributed by atoms with E-state index < -0.39 is 23.8 Å². The molecule has 4 amide bonds. The molecule has 144 valence electrons. The lowest BCUT2D eigenvalue weighted by Gasteiger charge is -2.30. The summed E-state index contributed by atoms with van der Waals surface area (Å²) in [7, 11) is 1.52. The molecule has 0 saturated carbocycles. The lowest BCUT2D eigenvalue weighted by Crippen LogP contribution is -2.60. The van der Waals surface area contributed by atoms with E-state index in [1.54, 1.807) is 31.2 Å². The number of carbonyl (C=O) groups is 3. The third-order valence-electron chi connectivity index (χ3n) is 4.59. The molecule has 0 aromatic heterocycles. The smallest absolute Gasteiger partial charge is 0.335 e. The Morgan fingerprint density at radius 3 is 2.32 bits per heavy atom. The monoisotopic (exact) mass is 379 g/mol. The number of hydrogen-bond acceptors (Lipinski definition) is 5. The second kappa shape index (κ2) is 8.04. The van der Waals surface area contributed by atoms with Gasteiger partial charge >= 0.3 is 6.03 Å². The highest BCUT2D eigenvalue weighted by atomic mass is 16.5. The largest absolute Gasteiger partial charge is 0.497 e. The average molecular weight is 379 g/mol. The summed E-state index contributed by atoms with van der Waals surface area (Å²) in [5.41, 5.74) is 1.67. The van der Waals surface area contributed by atoms with E-state index in [1.165, 1.54) is 7.11 Å². The molecule has 1 heterocycles. The molecule has 0 bridgehead atoms. The van der Waals surface area contributed by atoms with Crippen LogP contribution >= 0.6 is 0 Å². The second-order valence-corrected chi connectivity index (χ2v) is 6.46. The summed E-state index contributed by atoms with van der Waals surface area (Å²) in [4.78, 5) is 43.1. The van der Waals surface area contributed by atoms with Crippen molar-refractivity contribution in [2.24, 2.45) is 10.9 Å². The molecule has 7 heteroatoms. The van der Waals surface area contributed by atoms with Gasteiger partial charge < -0.3 is 4.74 Å². The van der Waals surface area contributed by atoms with E-state index >= 15 is 0 Å². The number of nitrogens with one attached hydrogen (secondary N) is 1. The van der Waals surface area contributed by atoms with Crippen LogP contribution in [0.3, 0.4) is 0 Å². The van der Waals surface area contributed by atoms with Gasteiger partial charge in [0, 0.05) is 5.71 Å². The summed E-state index contributed by atoms with van der Waals surface area (Å²) in [6.45, 7) is 3.51. The van der Waals surface area contributed by atoms with Gasteiger partial charge in [0.1, 0.15) is 5.75 Å². The van der Waals surface area contributed by atoms with Crippen LogP contribution in [0.15, 0.2) is 59.6 Å². The highest BCUT2D eigenvalue weighted by Gasteiger charge is 2.43. The zero-order valence-corrected chi connectivity index (χ0v) is 15.9. The normalized spacial score (nSPS) is 18.7. The molecule has 0 spiro atoms. The number of aliphatic imine (C=N–C) groups is 1. The third kappa shape index (κ3) is 3.78. The molecule has 1 aliphatic heterocycles. The number of urea groups is 1. The van der Waals surface area contributed by atoms with E-state index in [0.717, 1.165) is 10.5 Å². The van der Waals surface area contributed by atoms with Crippen LogP contribution in [0.4, 0.5) is 10.5 Å². The van der Waals surface area contributed by atoms with Crippen LogP contribution < -0.4 is 15.0 Å². The number of methoxy groups -OCH3 is 1. The van der Waals surface area contributed by atoms with E-state index in [9.17, 15) is 14.4 Å². The minimum absolute atomic E-state index is 0.228. The highest BCUT2D eigenvalue weighted by molar-refractivity contribution is 6.35. The predicted molar refractivity (Wildman–Crippen MR) is 105 cm³/mol. The van der Waals surface area contributed by atoms with Crippen molar-refractivity contribution in [2.45, 2.75) is 19.9 Å². The van der Waals surface area contributed by atoms with Gasteiger partial charge in [-0.3, -0.25) is 19.9 Å². The highest BCUT2D eigenvalue weighted by Crippen LogP contribution is 2.25. The van der Waals surface area contributed by atoms with Gasteiger partial charge in [0.05, 0.1) is 18.8 Å². The molecular formula is C21H21N3O4. The van der Waals surface area contributed by atoms with Gasteiger partial charge in [-0.25, -0.2) is 9.69 Å². The fourth-order valence-corrected chi connectivity index (χ4v) is 3.11. The standard InChI is InChI=1S/C21H21N3O4/c1-13(15-7-5-4-6-8-15)22-14(2)18-19(25)23-21(27)24(20(18)26)16-9-11-17(28-3)12-10-16/h4-13,18H,1-3H3,(H,23,25,27)/t13-,18?/m1/s1. The zero-order valence-electron chi connectivity index (χ0n) is 15.9. The van der Waals surface area contributed by atoms with Gasteiger partial charge in [0.2, 0.25) is 5.91 Å². The minimum Gasteiger partial charge on any atom is -0.497 e. The molecule has 3 rings (SSSR count). The molecule has 1 saturated heterocycles. The van der Waals surface area contributed by atoms with Crippen LogP contribution in [-0.2, 0) is 9.59 Å². The molecular weight excluding hydrogens is 358 g/mol. The van der Waals surface area contributed by atoms with E-state index in [4.69, 9.17) is 4.74 Å². The van der Waals surface area contributed by atoms with Crippen LogP contribution in [0.2, 0.25) is 0 Å². The van der Waals surface area contributed by atoms with Crippen molar-refractivity contribution in [3.8, 4) is 5.75 Å². The molecule has 7 nitrogen and oxygen atoms in total. The molecule has 2 aromatic rings. The quantitative estimate of drug-likeness (QED) is 0.639. The molecule has 0 aliphatic carbocycles. The number of amides is 4. The Hall–Kier alpha value is -3.48. The van der Waals surface area contributed by atoms with E-state index in [2.05, 4.69) is 10.3 Å². The molecule has 28 heavy (non-hydrogen) atoms. The first kappa shape index (κ1) is 19.3. The van der Waals surface area contributed by atoms with Gasteiger partial charge in [-0.1, -0.05) is 30.3 Å². The first-order chi connectivity index (χ1) is 13.4. The van der Waals surface area contributed by atoms with Crippen LogP contribution in [-0.4, -0.2) is 30.7 Å². The Kier molecular flexibility index (Phi) is 5.54. The van der Waals surface area contributed by atoms with Gasteiger partial charge in [-0.2, -0.15) is 0 Å². The zero-order chi connectivity index (χ0) is 20.3. The van der Waals surface area contributed by atoms with Crippen molar-refractivity contribution in [1.82, 2.24) is 5.32 Å². The Morgan fingerprint density at radius 2 is 1.71 bits per heavy atom. The van der Waals surface area contributed by atoms with Gasteiger partial charge in [0.15, 0.2) is 5.92 Å². The number of benzene rings is 2. The van der Waals surface area contributed by atoms with Crippen LogP contribution in [0.1, 0.15) is 25.5 Å². The summed E-state index contributed by atoms with van der Waals surface area (Å²) >= 11 is 0. The maximum atomic E-state index is 13.0. The molecule has 0 radical (unpaired) electrons. The van der Waals surface area contributed by atoms with Crippen molar-refractivity contribution >= 4 is 29.2 Å². The first-order valence-corrected chi connectivity index (χ1v) is 8.84. The van der Waals surface area contributed by atoms with Gasteiger partial charge in [0.25, 0.3) is 5.91 Å². The number of hydrogen-bond donors (Lipinski definition) is 1. The van der Waals surface area contributed by atoms with Crippen molar-refractivity contribution in [3.63, 3.8) is 0 Å². The second-order valence-electron chi connectivity index (χ2n) is 6.46. The summed E-state index contributed by atoms with van der Waals surface area (Å²) in [5.74, 6) is -1.86. The van der Waals surface area contributed by atoms with Crippen molar-refractivity contribution < 1.29 is 19.1 Å². The number of anilines is 1. The van der Waals surface area contributed by atoms with Gasteiger partial charge in [-0.15, -0.1) is 0 Å². The van der Waals surface area contributed by atoms with E-state index in [1.807, 2.05) is 37.3 Å². The fraction of sp³-hybridized carbons (Fsp3) is 0.238. The summed E-state index contributed by atoms with van der Waals surface area (Å²) in [6, 6.07) is 15.0. The van der Waals surface area contributed by atoms with Crippen molar-refractivity contribution in [1.29, 1.82) is 0 Å². The molecule has 1 aliphatic rings. The predicted octanol–water partition coefficient (Wildman–Crippen LogP) is 3.12. The Balaban J connectivity index is 1.89. The molecule has 2 aromatic carbocycles. The number of ether oxygens (including phenoxy) is 1. The van der Waals surface area contributed by atoms with Crippen LogP contribution in [0, 0.1) is 5.92 Å². The molecule has 2 atom stereocenters. The Morgan fingerprint density at radius 1 is 1.07 bits per heavy atom. The lowest BCUT2D eigenvalue weighted by atomic mass is 9.98. The number of rotatable bonds is 5. The molecule has 1 fully saturated rings. The molecule has 1 unspecified atom stereocenters. The van der Waals surface area contributed by atoms with E-state index in [0.29, 0.717) is 17.1 Å². The van der Waals surface area contributed by atoms with E-state index in [-0.39, 0.29) is 6.04 Å². The Labute approximate surface area is 163 Å². The maximum Gasteiger partial charge on any atom is 0.335 e. The minimum atomic E-state index is -1.16. The number of barbiturate groups is 1. The lowest BCUT2D eigenvalue weighted by molar-refractivity contribution is -0.131. The number of nitrogens with zero attached hydrogens (tertiary/aromatic N) is 2. The maximum absolute atomic E-state index is 13.0. The number of imide groups is 2. The first-order valence-electron chi connectivity index (χ1n) is 8.84. The summed E-state index contributed by atoms with van der Waals surface area (Å²) < 4.78 is 5.10. The van der Waals surface area contributed by atoms with Crippen molar-refractivity contribution in [2.75, 3.05) is 12.0 Å². The summed E-state index contributed by atoms with van der Waals surface area (Å²) in [6.07, 6.45) is 0. The SMILES string of the molecule is COc1ccc(N2C(=O)NC(=O)C(C(C)=N[C@H](C)c3ccccc3)C2=O)cc1. The number of carbonyl (C=O) groups excluding carboxylic acids is 3. The summed E-state index contributed by atoms with van der Waals surface area (Å²) in [5, 5.41) is 2.25.